The average molecular weight is 246 g/mol. The molecular formula is C12H23FN2O2. The highest BCUT2D eigenvalue weighted by Gasteiger charge is 2.35. The SMILES string of the molecule is C[C@H](N)[C@H]1CCN(C(=O)OC(C)(C)C)C[C@H]1F. The number of nitrogens with zero attached hydrogens (tertiary/aromatic N) is 1. The molecule has 1 saturated heterocycles. The fraction of sp³-hybridized carbons (Fsp3) is 0.917. The Hall–Kier alpha value is -0.840. The van der Waals surface area contributed by atoms with Crippen LogP contribution in [0.5, 0.6) is 0 Å². The second-order valence-electron chi connectivity index (χ2n) is 5.75. The van der Waals surface area contributed by atoms with Crippen LogP contribution in [0, 0.1) is 5.92 Å². The molecule has 0 aliphatic carbocycles. The van der Waals surface area contributed by atoms with Crippen LogP contribution in [0.15, 0.2) is 0 Å². The van der Waals surface area contributed by atoms with Crippen molar-refractivity contribution >= 4 is 6.09 Å². The van der Waals surface area contributed by atoms with E-state index < -0.39 is 17.9 Å². The predicted octanol–water partition coefficient (Wildman–Crippen LogP) is 1.93. The summed E-state index contributed by atoms with van der Waals surface area (Å²) < 4.78 is 19.0. The highest BCUT2D eigenvalue weighted by molar-refractivity contribution is 5.68. The van der Waals surface area contributed by atoms with E-state index in [4.69, 9.17) is 10.5 Å². The topological polar surface area (TPSA) is 55.6 Å². The monoisotopic (exact) mass is 246 g/mol. The van der Waals surface area contributed by atoms with Crippen LogP contribution in [0.2, 0.25) is 0 Å². The van der Waals surface area contributed by atoms with Crippen LogP contribution in [0.4, 0.5) is 9.18 Å². The Morgan fingerprint density at radius 3 is 2.53 bits per heavy atom. The smallest absolute Gasteiger partial charge is 0.410 e. The van der Waals surface area contributed by atoms with Crippen LogP contribution < -0.4 is 5.73 Å². The van der Waals surface area contributed by atoms with Gasteiger partial charge in [-0.1, -0.05) is 0 Å². The van der Waals surface area contributed by atoms with Gasteiger partial charge >= 0.3 is 6.09 Å². The highest BCUT2D eigenvalue weighted by Crippen LogP contribution is 2.24. The number of nitrogens with two attached hydrogens (primary N) is 1. The lowest BCUT2D eigenvalue weighted by atomic mass is 9.89. The molecule has 1 amide bonds. The van der Waals surface area contributed by atoms with Gasteiger partial charge in [0.15, 0.2) is 0 Å². The molecule has 0 saturated carbocycles. The van der Waals surface area contributed by atoms with Crippen LogP contribution in [-0.2, 0) is 4.74 Å². The Kier molecular flexibility index (Phi) is 4.36. The van der Waals surface area contributed by atoms with Crippen LogP contribution in [0.1, 0.15) is 34.1 Å². The largest absolute Gasteiger partial charge is 0.444 e. The number of amides is 1. The van der Waals surface area contributed by atoms with Crippen molar-refractivity contribution in [3.8, 4) is 0 Å². The molecule has 100 valence electrons. The Bertz CT molecular complexity index is 276. The molecule has 0 radical (unpaired) electrons. The molecule has 0 bridgehead atoms. The van der Waals surface area contributed by atoms with E-state index >= 15 is 0 Å². The number of carbonyl (C=O) groups excluding carboxylic acids is 1. The first-order valence-electron chi connectivity index (χ1n) is 6.08. The minimum atomic E-state index is -1.06. The van der Waals surface area contributed by atoms with Crippen LogP contribution in [-0.4, -0.2) is 41.9 Å². The van der Waals surface area contributed by atoms with Gasteiger partial charge in [-0.05, 0) is 34.1 Å². The van der Waals surface area contributed by atoms with E-state index in [1.54, 1.807) is 27.7 Å². The van der Waals surface area contributed by atoms with Crippen molar-refractivity contribution in [1.82, 2.24) is 4.90 Å². The lowest BCUT2D eigenvalue weighted by Gasteiger charge is -2.37. The normalized spacial score (nSPS) is 27.8. The van der Waals surface area contributed by atoms with Gasteiger partial charge in [0, 0.05) is 18.5 Å². The molecule has 4 nitrogen and oxygen atoms in total. The van der Waals surface area contributed by atoms with E-state index in [1.807, 2.05) is 0 Å². The van der Waals surface area contributed by atoms with E-state index in [0.717, 1.165) is 0 Å². The zero-order valence-corrected chi connectivity index (χ0v) is 11.1. The predicted molar refractivity (Wildman–Crippen MR) is 64.5 cm³/mol. The molecule has 1 fully saturated rings. The third kappa shape index (κ3) is 4.15. The third-order valence-electron chi connectivity index (χ3n) is 2.92. The molecule has 3 atom stereocenters. The highest BCUT2D eigenvalue weighted by atomic mass is 19.1. The summed E-state index contributed by atoms with van der Waals surface area (Å²) in [5.74, 6) is -0.159. The molecule has 1 heterocycles. The van der Waals surface area contributed by atoms with Crippen molar-refractivity contribution in [3.63, 3.8) is 0 Å². The summed E-state index contributed by atoms with van der Waals surface area (Å²) in [4.78, 5) is 13.2. The van der Waals surface area contributed by atoms with Gasteiger partial charge in [-0.2, -0.15) is 0 Å². The maximum Gasteiger partial charge on any atom is 0.410 e. The van der Waals surface area contributed by atoms with Gasteiger partial charge < -0.3 is 15.4 Å². The maximum atomic E-state index is 13.8. The van der Waals surface area contributed by atoms with Crippen molar-refractivity contribution < 1.29 is 13.9 Å². The second kappa shape index (κ2) is 5.21. The zero-order chi connectivity index (χ0) is 13.2. The molecule has 0 aromatic heterocycles. The summed E-state index contributed by atoms with van der Waals surface area (Å²) in [5, 5.41) is 0. The summed E-state index contributed by atoms with van der Waals surface area (Å²) in [6.07, 6.45) is -0.905. The van der Waals surface area contributed by atoms with E-state index in [-0.39, 0.29) is 18.5 Å². The lowest BCUT2D eigenvalue weighted by molar-refractivity contribution is 0.00346. The molecule has 17 heavy (non-hydrogen) atoms. The minimum Gasteiger partial charge on any atom is -0.444 e. The van der Waals surface area contributed by atoms with Crippen LogP contribution in [0.25, 0.3) is 0 Å². The number of halogens is 1. The quantitative estimate of drug-likeness (QED) is 0.769. The maximum absolute atomic E-state index is 13.8. The van der Waals surface area contributed by atoms with Crippen molar-refractivity contribution in [2.24, 2.45) is 11.7 Å². The van der Waals surface area contributed by atoms with Crippen molar-refractivity contribution in [3.05, 3.63) is 0 Å². The molecule has 0 unspecified atom stereocenters. The number of ether oxygens (including phenoxy) is 1. The Morgan fingerprint density at radius 1 is 1.53 bits per heavy atom. The molecule has 0 aromatic carbocycles. The molecule has 1 aliphatic rings. The van der Waals surface area contributed by atoms with Crippen molar-refractivity contribution in [2.45, 2.75) is 51.9 Å². The molecule has 5 heteroatoms. The minimum absolute atomic E-state index is 0.0844. The number of likely N-dealkylation sites (tertiary alicyclic amines) is 1. The van der Waals surface area contributed by atoms with Gasteiger partial charge in [0.25, 0.3) is 0 Å². The third-order valence-corrected chi connectivity index (χ3v) is 2.92. The second-order valence-corrected chi connectivity index (χ2v) is 5.75. The molecule has 0 aromatic rings. The summed E-state index contributed by atoms with van der Waals surface area (Å²) in [5.41, 5.74) is 5.17. The summed E-state index contributed by atoms with van der Waals surface area (Å²) in [6, 6.07) is -0.175. The van der Waals surface area contributed by atoms with E-state index in [1.165, 1.54) is 4.90 Å². The molecule has 2 N–H and O–H groups in total. The fourth-order valence-corrected chi connectivity index (χ4v) is 2.01. The molecule has 0 spiro atoms. The van der Waals surface area contributed by atoms with Crippen LogP contribution >= 0.6 is 0 Å². The number of alkyl halides is 1. The van der Waals surface area contributed by atoms with Gasteiger partial charge in [-0.15, -0.1) is 0 Å². The first-order valence-corrected chi connectivity index (χ1v) is 6.08. The van der Waals surface area contributed by atoms with Gasteiger partial charge in [0.05, 0.1) is 6.54 Å². The summed E-state index contributed by atoms with van der Waals surface area (Å²) in [6.45, 7) is 7.80. The van der Waals surface area contributed by atoms with E-state index in [0.29, 0.717) is 13.0 Å². The van der Waals surface area contributed by atoms with E-state index in [9.17, 15) is 9.18 Å². The first-order chi connectivity index (χ1) is 7.70. The summed E-state index contributed by atoms with van der Waals surface area (Å²) in [7, 11) is 0. The number of hydrogen-bond acceptors (Lipinski definition) is 3. The zero-order valence-electron chi connectivity index (χ0n) is 11.1. The fourth-order valence-electron chi connectivity index (χ4n) is 2.01. The Morgan fingerprint density at radius 2 is 2.12 bits per heavy atom. The van der Waals surface area contributed by atoms with Gasteiger partial charge in [0.1, 0.15) is 11.8 Å². The van der Waals surface area contributed by atoms with Gasteiger partial charge in [-0.3, -0.25) is 0 Å². The average Bonchev–Trinajstić information content (AvgIpc) is 2.14. The van der Waals surface area contributed by atoms with Crippen molar-refractivity contribution in [1.29, 1.82) is 0 Å². The number of hydrogen-bond donors (Lipinski definition) is 1. The number of carbonyl (C=O) groups is 1. The van der Waals surface area contributed by atoms with E-state index in [2.05, 4.69) is 0 Å². The summed E-state index contributed by atoms with van der Waals surface area (Å²) >= 11 is 0. The number of rotatable bonds is 1. The first kappa shape index (κ1) is 14.2. The van der Waals surface area contributed by atoms with Crippen LogP contribution in [0.3, 0.4) is 0 Å². The molecular weight excluding hydrogens is 223 g/mol. The Balaban J connectivity index is 2.52. The Labute approximate surface area is 102 Å². The molecule has 1 rings (SSSR count). The van der Waals surface area contributed by atoms with Gasteiger partial charge in [-0.25, -0.2) is 9.18 Å². The van der Waals surface area contributed by atoms with Gasteiger partial charge in [0.2, 0.25) is 0 Å². The molecule has 1 aliphatic heterocycles. The van der Waals surface area contributed by atoms with Crippen molar-refractivity contribution in [2.75, 3.05) is 13.1 Å². The standard InChI is InChI=1S/C12H23FN2O2/c1-8(14)9-5-6-15(7-10(9)13)11(16)17-12(2,3)4/h8-10H,5-7,14H2,1-4H3/t8-,9+,10+/m0/s1. The lowest BCUT2D eigenvalue weighted by Crippen LogP contribution is -2.50. The number of piperidine rings is 1.